The van der Waals surface area contributed by atoms with Gasteiger partial charge in [0.05, 0.1) is 12.8 Å². The number of nitrogens with one attached hydrogen (secondary N) is 1. The SMILES string of the molecule is COCc1c(C(=O)N/N=C\c2ccccc2Br)nnn1-c1nonc1N. The molecule has 11 nitrogen and oxygen atoms in total. The van der Waals surface area contributed by atoms with Crippen molar-refractivity contribution in [1.82, 2.24) is 30.7 Å². The van der Waals surface area contributed by atoms with Gasteiger partial charge in [0, 0.05) is 17.1 Å². The molecule has 2 heterocycles. The van der Waals surface area contributed by atoms with Gasteiger partial charge in [-0.3, -0.25) is 4.79 Å². The molecule has 3 aromatic rings. The lowest BCUT2D eigenvalue weighted by molar-refractivity contribution is 0.0944. The van der Waals surface area contributed by atoms with E-state index in [1.54, 1.807) is 0 Å². The first-order valence-electron chi connectivity index (χ1n) is 7.21. The second-order valence-electron chi connectivity index (χ2n) is 4.92. The number of aromatic nitrogens is 5. The van der Waals surface area contributed by atoms with E-state index in [2.05, 4.69) is 51.7 Å². The number of nitrogens with zero attached hydrogens (tertiary/aromatic N) is 6. The predicted molar refractivity (Wildman–Crippen MR) is 93.5 cm³/mol. The minimum Gasteiger partial charge on any atom is -0.378 e. The van der Waals surface area contributed by atoms with Crippen LogP contribution < -0.4 is 11.2 Å². The fourth-order valence-electron chi connectivity index (χ4n) is 2.05. The van der Waals surface area contributed by atoms with Crippen LogP contribution in [0.4, 0.5) is 5.82 Å². The molecule has 0 aliphatic rings. The molecule has 1 amide bonds. The highest BCUT2D eigenvalue weighted by Gasteiger charge is 2.23. The van der Waals surface area contributed by atoms with Gasteiger partial charge in [-0.25, -0.2) is 10.1 Å². The monoisotopic (exact) mass is 420 g/mol. The van der Waals surface area contributed by atoms with E-state index in [1.807, 2.05) is 24.3 Å². The Balaban J connectivity index is 1.82. The number of carbonyl (C=O) groups is 1. The lowest BCUT2D eigenvalue weighted by Crippen LogP contribution is -2.20. The van der Waals surface area contributed by atoms with Crippen LogP contribution in [0.25, 0.3) is 5.82 Å². The molecule has 1 aromatic carbocycles. The summed E-state index contributed by atoms with van der Waals surface area (Å²) >= 11 is 3.39. The van der Waals surface area contributed by atoms with Crippen molar-refractivity contribution in [3.8, 4) is 5.82 Å². The zero-order valence-electron chi connectivity index (χ0n) is 13.5. The van der Waals surface area contributed by atoms with Gasteiger partial charge in [-0.2, -0.15) is 9.78 Å². The molecular weight excluding hydrogens is 408 g/mol. The number of methoxy groups -OCH3 is 1. The summed E-state index contributed by atoms with van der Waals surface area (Å²) < 4.78 is 11.7. The molecule has 0 atom stereocenters. The van der Waals surface area contributed by atoms with Gasteiger partial charge in [-0.1, -0.05) is 39.3 Å². The van der Waals surface area contributed by atoms with Gasteiger partial charge in [0.25, 0.3) is 5.91 Å². The molecule has 0 spiro atoms. The highest BCUT2D eigenvalue weighted by molar-refractivity contribution is 9.10. The third-order valence-corrected chi connectivity index (χ3v) is 3.95. The Kier molecular flexibility index (Phi) is 5.34. The number of amides is 1. The molecule has 0 bridgehead atoms. The van der Waals surface area contributed by atoms with E-state index in [0.29, 0.717) is 5.69 Å². The number of halogens is 1. The van der Waals surface area contributed by atoms with Crippen molar-refractivity contribution < 1.29 is 14.2 Å². The van der Waals surface area contributed by atoms with Crippen LogP contribution in [0.1, 0.15) is 21.7 Å². The lowest BCUT2D eigenvalue weighted by atomic mass is 10.2. The van der Waals surface area contributed by atoms with Crippen molar-refractivity contribution in [3.63, 3.8) is 0 Å². The van der Waals surface area contributed by atoms with Crippen molar-refractivity contribution >= 4 is 33.9 Å². The van der Waals surface area contributed by atoms with E-state index in [1.165, 1.54) is 18.0 Å². The predicted octanol–water partition coefficient (Wildman–Crippen LogP) is 0.905. The van der Waals surface area contributed by atoms with Crippen molar-refractivity contribution in [2.45, 2.75) is 6.61 Å². The van der Waals surface area contributed by atoms with E-state index in [0.717, 1.165) is 10.0 Å². The summed E-state index contributed by atoms with van der Waals surface area (Å²) in [7, 11) is 1.47. The molecule has 0 aliphatic carbocycles. The Morgan fingerprint density at radius 2 is 2.27 bits per heavy atom. The Morgan fingerprint density at radius 1 is 1.46 bits per heavy atom. The van der Waals surface area contributed by atoms with Crippen LogP contribution in [0.5, 0.6) is 0 Å². The highest BCUT2D eigenvalue weighted by Crippen LogP contribution is 2.16. The number of hydrogen-bond acceptors (Lipinski definition) is 9. The van der Waals surface area contributed by atoms with Crippen LogP contribution in [0.3, 0.4) is 0 Å². The first-order chi connectivity index (χ1) is 12.6. The summed E-state index contributed by atoms with van der Waals surface area (Å²) in [6, 6.07) is 7.43. The first kappa shape index (κ1) is 17.7. The first-order valence-corrected chi connectivity index (χ1v) is 8.01. The second kappa shape index (κ2) is 7.84. The minimum atomic E-state index is -0.568. The van der Waals surface area contributed by atoms with Crippen LogP contribution in [-0.2, 0) is 11.3 Å². The molecule has 26 heavy (non-hydrogen) atoms. The maximum Gasteiger partial charge on any atom is 0.293 e. The Bertz CT molecular complexity index is 951. The van der Waals surface area contributed by atoms with Crippen LogP contribution >= 0.6 is 15.9 Å². The molecule has 0 unspecified atom stereocenters. The zero-order chi connectivity index (χ0) is 18.5. The molecule has 12 heteroatoms. The number of ether oxygens (including phenoxy) is 1. The number of nitrogen functional groups attached to an aromatic ring is 1. The van der Waals surface area contributed by atoms with Gasteiger partial charge in [0.15, 0.2) is 5.69 Å². The van der Waals surface area contributed by atoms with Gasteiger partial charge in [-0.15, -0.1) is 5.10 Å². The van der Waals surface area contributed by atoms with Gasteiger partial charge >= 0.3 is 0 Å². The molecule has 134 valence electrons. The number of hydrazone groups is 1. The molecule has 3 N–H and O–H groups in total. The van der Waals surface area contributed by atoms with Gasteiger partial charge < -0.3 is 10.5 Å². The maximum atomic E-state index is 12.4. The Labute approximate surface area is 155 Å². The molecule has 3 rings (SSSR count). The molecular formula is C14H13BrN8O3. The number of hydrogen-bond donors (Lipinski definition) is 2. The van der Waals surface area contributed by atoms with Crippen LogP contribution in [0.2, 0.25) is 0 Å². The molecule has 0 radical (unpaired) electrons. The number of rotatable bonds is 6. The topological polar surface area (TPSA) is 146 Å². The van der Waals surface area contributed by atoms with E-state index < -0.39 is 5.91 Å². The molecule has 0 saturated heterocycles. The third kappa shape index (κ3) is 3.60. The molecule has 2 aromatic heterocycles. The van der Waals surface area contributed by atoms with E-state index in [9.17, 15) is 4.79 Å². The largest absolute Gasteiger partial charge is 0.378 e. The van der Waals surface area contributed by atoms with Gasteiger partial charge in [0.2, 0.25) is 11.6 Å². The van der Waals surface area contributed by atoms with Crippen LogP contribution in [0, 0.1) is 0 Å². The number of carbonyl (C=O) groups excluding carboxylic acids is 1. The fraction of sp³-hybridized carbons (Fsp3) is 0.143. The van der Waals surface area contributed by atoms with Gasteiger partial charge in [0.1, 0.15) is 5.69 Å². The van der Waals surface area contributed by atoms with Crippen LogP contribution in [-0.4, -0.2) is 44.5 Å². The number of nitrogens with two attached hydrogens (primary N) is 1. The Morgan fingerprint density at radius 3 is 2.96 bits per heavy atom. The van der Waals surface area contributed by atoms with Crippen molar-refractivity contribution in [3.05, 3.63) is 45.7 Å². The van der Waals surface area contributed by atoms with Crippen molar-refractivity contribution in [1.29, 1.82) is 0 Å². The standard InChI is InChI=1S/C14H13BrN8O3/c1-25-7-10-11(18-22-23(10)13-12(16)20-26-21-13)14(24)19-17-6-8-4-2-3-5-9(8)15/h2-6H,7H2,1H3,(H2,16,20)(H,19,24)/b17-6-. The maximum absolute atomic E-state index is 12.4. The lowest BCUT2D eigenvalue weighted by Gasteiger charge is -2.04. The van der Waals surface area contributed by atoms with Crippen molar-refractivity contribution in [2.24, 2.45) is 5.10 Å². The number of benzene rings is 1. The average molecular weight is 421 g/mol. The number of anilines is 1. The molecule has 0 fully saturated rings. The quantitative estimate of drug-likeness (QED) is 0.441. The minimum absolute atomic E-state index is 0.00570. The summed E-state index contributed by atoms with van der Waals surface area (Å²) in [6.07, 6.45) is 1.50. The summed E-state index contributed by atoms with van der Waals surface area (Å²) in [5.74, 6) is -0.451. The fourth-order valence-corrected chi connectivity index (χ4v) is 2.43. The normalized spacial score (nSPS) is 11.2. The van der Waals surface area contributed by atoms with E-state index >= 15 is 0 Å². The zero-order valence-corrected chi connectivity index (χ0v) is 15.0. The summed E-state index contributed by atoms with van der Waals surface area (Å²) in [5, 5.41) is 18.8. The Hall–Kier alpha value is -3.12. The summed E-state index contributed by atoms with van der Waals surface area (Å²) in [4.78, 5) is 12.4. The third-order valence-electron chi connectivity index (χ3n) is 3.23. The van der Waals surface area contributed by atoms with Crippen LogP contribution in [0.15, 0.2) is 38.5 Å². The molecule has 0 aliphatic heterocycles. The second-order valence-corrected chi connectivity index (χ2v) is 5.78. The smallest absolute Gasteiger partial charge is 0.293 e. The van der Waals surface area contributed by atoms with Gasteiger partial charge in [-0.05, 0) is 16.4 Å². The summed E-state index contributed by atoms with van der Waals surface area (Å²) in [6.45, 7) is 0.0377. The molecule has 0 saturated carbocycles. The van der Waals surface area contributed by atoms with E-state index in [4.69, 9.17) is 10.5 Å². The highest BCUT2D eigenvalue weighted by atomic mass is 79.9. The van der Waals surface area contributed by atoms with Crippen molar-refractivity contribution in [2.75, 3.05) is 12.8 Å². The average Bonchev–Trinajstić information content (AvgIpc) is 3.23. The van der Waals surface area contributed by atoms with E-state index in [-0.39, 0.29) is 23.9 Å². The summed E-state index contributed by atoms with van der Waals surface area (Å²) in [5.41, 5.74) is 9.19.